The molecule has 7 heteroatoms. The number of likely N-dealkylation sites (tertiary alicyclic amines) is 1. The van der Waals surface area contributed by atoms with E-state index in [1.807, 2.05) is 36.9 Å². The van der Waals surface area contributed by atoms with Crippen molar-refractivity contribution >= 4 is 23.4 Å². The molecule has 0 spiro atoms. The Morgan fingerprint density at radius 3 is 2.77 bits per heavy atom. The number of rotatable bonds is 5. The van der Waals surface area contributed by atoms with Crippen LogP contribution in [-0.2, 0) is 23.2 Å². The molecule has 180 valence electrons. The molecule has 1 amide bonds. The summed E-state index contributed by atoms with van der Waals surface area (Å²) in [6.45, 7) is 7.14. The van der Waals surface area contributed by atoms with Crippen LogP contribution in [0.25, 0.3) is 0 Å². The molecule has 3 aromatic rings. The van der Waals surface area contributed by atoms with Crippen LogP contribution >= 0.6 is 0 Å². The Labute approximate surface area is 205 Å². The van der Waals surface area contributed by atoms with Gasteiger partial charge in [0.05, 0.1) is 11.5 Å². The van der Waals surface area contributed by atoms with E-state index in [0.717, 1.165) is 54.9 Å². The number of anilines is 3. The SMILES string of the molecule is CC1(C)C(=O)N([C@@H]2CCc3c(O)cccc32)c2nc(Nc3cccc(CN4CCCC4)c3)ncc21. The molecule has 0 saturated carbocycles. The van der Waals surface area contributed by atoms with Crippen molar-refractivity contribution in [2.45, 2.75) is 57.5 Å². The van der Waals surface area contributed by atoms with Gasteiger partial charge < -0.3 is 10.4 Å². The van der Waals surface area contributed by atoms with E-state index >= 15 is 0 Å². The van der Waals surface area contributed by atoms with Crippen molar-refractivity contribution in [3.05, 3.63) is 70.9 Å². The molecule has 1 aliphatic carbocycles. The van der Waals surface area contributed by atoms with E-state index in [1.165, 1.54) is 18.4 Å². The first kappa shape index (κ1) is 22.0. The van der Waals surface area contributed by atoms with Gasteiger partial charge in [0.25, 0.3) is 0 Å². The molecule has 1 saturated heterocycles. The van der Waals surface area contributed by atoms with Crippen molar-refractivity contribution < 1.29 is 9.90 Å². The average molecular weight is 470 g/mol. The van der Waals surface area contributed by atoms with Gasteiger partial charge in [-0.3, -0.25) is 14.6 Å². The van der Waals surface area contributed by atoms with Gasteiger partial charge in [-0.2, -0.15) is 4.98 Å². The molecule has 1 aromatic heterocycles. The fourth-order valence-corrected chi connectivity index (χ4v) is 5.82. The van der Waals surface area contributed by atoms with Crippen molar-refractivity contribution in [3.63, 3.8) is 0 Å². The fourth-order valence-electron chi connectivity index (χ4n) is 5.82. The summed E-state index contributed by atoms with van der Waals surface area (Å²) in [5.41, 5.74) is 4.27. The van der Waals surface area contributed by atoms with Crippen molar-refractivity contribution in [1.29, 1.82) is 0 Å². The van der Waals surface area contributed by atoms with E-state index in [1.54, 1.807) is 12.3 Å². The number of phenols is 1. The molecule has 2 N–H and O–H groups in total. The molecule has 7 nitrogen and oxygen atoms in total. The van der Waals surface area contributed by atoms with Crippen molar-refractivity contribution in [2.24, 2.45) is 0 Å². The fraction of sp³-hybridized carbons (Fsp3) is 0.393. The summed E-state index contributed by atoms with van der Waals surface area (Å²) in [5.74, 6) is 1.46. The number of hydrogen-bond acceptors (Lipinski definition) is 6. The number of phenolic OH excluding ortho intramolecular Hbond substituents is 1. The number of benzene rings is 2. The summed E-state index contributed by atoms with van der Waals surface area (Å²) >= 11 is 0. The largest absolute Gasteiger partial charge is 0.508 e. The maximum atomic E-state index is 13.6. The minimum atomic E-state index is -0.705. The van der Waals surface area contributed by atoms with E-state index in [4.69, 9.17) is 4.98 Å². The van der Waals surface area contributed by atoms with E-state index in [2.05, 4.69) is 33.4 Å². The topological polar surface area (TPSA) is 81.6 Å². The number of hydrogen-bond donors (Lipinski definition) is 2. The Hall–Kier alpha value is -3.45. The van der Waals surface area contributed by atoms with Gasteiger partial charge in [-0.15, -0.1) is 0 Å². The zero-order valence-corrected chi connectivity index (χ0v) is 20.3. The second kappa shape index (κ2) is 8.34. The van der Waals surface area contributed by atoms with Gasteiger partial charge in [-0.05, 0) is 87.5 Å². The van der Waals surface area contributed by atoms with Gasteiger partial charge in [-0.25, -0.2) is 4.98 Å². The smallest absolute Gasteiger partial charge is 0.239 e. The van der Waals surface area contributed by atoms with Gasteiger partial charge in [-0.1, -0.05) is 24.3 Å². The standard InChI is InChI=1S/C28H31N5O2/c1-28(2)22-16-29-27(30-19-8-5-7-18(15-19)17-32-13-3-4-14-32)31-25(22)33(26(28)35)23-12-11-21-20(23)9-6-10-24(21)34/h5-10,15-16,23,34H,3-4,11-14,17H2,1-2H3,(H,29,30,31)/t23-/m1/s1. The van der Waals surface area contributed by atoms with Crippen LogP contribution in [0.4, 0.5) is 17.5 Å². The summed E-state index contributed by atoms with van der Waals surface area (Å²) in [6, 6.07) is 13.8. The lowest BCUT2D eigenvalue weighted by atomic mass is 9.88. The van der Waals surface area contributed by atoms with E-state index in [9.17, 15) is 9.90 Å². The molecule has 6 rings (SSSR count). The summed E-state index contributed by atoms with van der Waals surface area (Å²) in [5, 5.41) is 13.7. The van der Waals surface area contributed by atoms with Gasteiger partial charge in [0, 0.05) is 24.0 Å². The lowest BCUT2D eigenvalue weighted by Crippen LogP contribution is -2.38. The van der Waals surface area contributed by atoms with Crippen molar-refractivity contribution in [3.8, 4) is 5.75 Å². The summed E-state index contributed by atoms with van der Waals surface area (Å²) < 4.78 is 0. The molecule has 3 heterocycles. The van der Waals surface area contributed by atoms with Crippen LogP contribution in [0.3, 0.4) is 0 Å². The highest BCUT2D eigenvalue weighted by Crippen LogP contribution is 2.49. The summed E-state index contributed by atoms with van der Waals surface area (Å²) in [7, 11) is 0. The molecule has 1 atom stereocenters. The second-order valence-corrected chi connectivity index (χ2v) is 10.4. The van der Waals surface area contributed by atoms with Gasteiger partial charge >= 0.3 is 0 Å². The molecule has 3 aliphatic rings. The lowest BCUT2D eigenvalue weighted by molar-refractivity contribution is -0.122. The number of aromatic hydroxyl groups is 1. The normalized spacial score (nSPS) is 20.8. The third kappa shape index (κ3) is 3.74. The second-order valence-electron chi connectivity index (χ2n) is 10.4. The van der Waals surface area contributed by atoms with E-state index < -0.39 is 5.41 Å². The van der Waals surface area contributed by atoms with Gasteiger partial charge in [0.2, 0.25) is 11.9 Å². The molecular formula is C28H31N5O2. The summed E-state index contributed by atoms with van der Waals surface area (Å²) in [4.78, 5) is 27.4. The molecule has 0 radical (unpaired) electrons. The summed E-state index contributed by atoms with van der Waals surface area (Å²) in [6.07, 6.45) is 5.84. The molecule has 2 aliphatic heterocycles. The van der Waals surface area contributed by atoms with E-state index in [0.29, 0.717) is 17.5 Å². The Morgan fingerprint density at radius 2 is 1.94 bits per heavy atom. The highest BCUT2D eigenvalue weighted by atomic mass is 16.3. The third-order valence-electron chi connectivity index (χ3n) is 7.74. The number of nitrogens with one attached hydrogen (secondary N) is 1. The first-order valence-electron chi connectivity index (χ1n) is 12.5. The molecular weight excluding hydrogens is 438 g/mol. The molecule has 0 bridgehead atoms. The van der Waals surface area contributed by atoms with Crippen LogP contribution < -0.4 is 10.2 Å². The first-order chi connectivity index (χ1) is 16.9. The Kier molecular flexibility index (Phi) is 5.25. The third-order valence-corrected chi connectivity index (χ3v) is 7.74. The number of carbonyl (C=O) groups excluding carboxylic acids is 1. The Morgan fingerprint density at radius 1 is 1.14 bits per heavy atom. The number of fused-ring (bicyclic) bond motifs is 2. The molecule has 0 unspecified atom stereocenters. The molecule has 1 fully saturated rings. The van der Waals surface area contributed by atoms with Gasteiger partial charge in [0.15, 0.2) is 0 Å². The van der Waals surface area contributed by atoms with Crippen LogP contribution in [0.2, 0.25) is 0 Å². The predicted molar refractivity (Wildman–Crippen MR) is 136 cm³/mol. The minimum Gasteiger partial charge on any atom is -0.508 e. The maximum absolute atomic E-state index is 13.6. The van der Waals surface area contributed by atoms with Gasteiger partial charge in [0.1, 0.15) is 11.6 Å². The number of nitrogens with zero attached hydrogens (tertiary/aromatic N) is 4. The van der Waals surface area contributed by atoms with Crippen LogP contribution in [-0.4, -0.2) is 39.0 Å². The van der Waals surface area contributed by atoms with E-state index in [-0.39, 0.29) is 11.9 Å². The van der Waals surface area contributed by atoms with Crippen LogP contribution in [0, 0.1) is 0 Å². The van der Waals surface area contributed by atoms with Crippen molar-refractivity contribution in [2.75, 3.05) is 23.3 Å². The lowest BCUT2D eigenvalue weighted by Gasteiger charge is -2.27. The zero-order valence-electron chi connectivity index (χ0n) is 20.3. The quantitative estimate of drug-likeness (QED) is 0.557. The van der Waals surface area contributed by atoms with Crippen LogP contribution in [0.15, 0.2) is 48.7 Å². The number of aromatic nitrogens is 2. The Bertz CT molecular complexity index is 1300. The predicted octanol–water partition coefficient (Wildman–Crippen LogP) is 4.83. The highest BCUT2D eigenvalue weighted by Gasteiger charge is 2.49. The zero-order chi connectivity index (χ0) is 24.2. The highest BCUT2D eigenvalue weighted by molar-refractivity contribution is 6.07. The average Bonchev–Trinajstić information content (AvgIpc) is 3.54. The number of amides is 1. The molecule has 35 heavy (non-hydrogen) atoms. The molecule has 2 aromatic carbocycles. The minimum absolute atomic E-state index is 0.0211. The van der Waals surface area contributed by atoms with Crippen LogP contribution in [0.1, 0.15) is 61.4 Å². The monoisotopic (exact) mass is 469 g/mol. The first-order valence-corrected chi connectivity index (χ1v) is 12.5. The van der Waals surface area contributed by atoms with Crippen molar-refractivity contribution in [1.82, 2.24) is 14.9 Å². The van der Waals surface area contributed by atoms with Crippen LogP contribution in [0.5, 0.6) is 5.75 Å². The number of carbonyl (C=O) groups is 1. The maximum Gasteiger partial charge on any atom is 0.239 e. The Balaban J connectivity index is 1.31.